The zero-order valence-electron chi connectivity index (χ0n) is 19.5. The lowest BCUT2D eigenvalue weighted by atomic mass is 9.96. The van der Waals surface area contributed by atoms with Gasteiger partial charge in [0.2, 0.25) is 0 Å². The third-order valence-electron chi connectivity index (χ3n) is 7.35. The van der Waals surface area contributed by atoms with Crippen LogP contribution in [0.3, 0.4) is 0 Å². The molecule has 3 aliphatic heterocycles. The molecular weight excluding hydrogens is 437 g/mol. The molecule has 2 atom stereocenters. The second-order valence-corrected chi connectivity index (χ2v) is 9.13. The molecule has 8 heteroatoms. The van der Waals surface area contributed by atoms with Crippen LogP contribution in [0.1, 0.15) is 44.3 Å². The van der Waals surface area contributed by atoms with E-state index in [4.69, 9.17) is 19.5 Å². The SMILES string of the molecule is COc1c([C@@H]2CN3CCN(CCc4ccc5c(c4C)COC5=O)C[C@H]3CO2)ccc(C#N)c1F. The number of ether oxygens (including phenoxy) is 3. The van der Waals surface area contributed by atoms with Crippen molar-refractivity contribution in [2.75, 3.05) is 46.4 Å². The fourth-order valence-corrected chi connectivity index (χ4v) is 5.31. The van der Waals surface area contributed by atoms with Crippen molar-refractivity contribution in [3.63, 3.8) is 0 Å². The molecule has 0 saturated carbocycles. The standard InChI is InChI=1S/C26H28FN3O4/c1-16-17(3-5-20-22(16)15-34-26(20)31)7-8-29-9-10-30-13-23(33-14-19(30)12-29)21-6-4-18(11-28)24(27)25(21)32-2/h3-6,19,23H,7-10,12-15H2,1-2H3/t19-,23-/m0/s1. The van der Waals surface area contributed by atoms with Crippen molar-refractivity contribution in [1.82, 2.24) is 9.80 Å². The van der Waals surface area contributed by atoms with Crippen LogP contribution >= 0.6 is 0 Å². The minimum absolute atomic E-state index is 0.0272. The molecule has 2 saturated heterocycles. The summed E-state index contributed by atoms with van der Waals surface area (Å²) in [7, 11) is 1.42. The van der Waals surface area contributed by atoms with Gasteiger partial charge in [0.1, 0.15) is 12.7 Å². The number of hydrogen-bond donors (Lipinski definition) is 0. The van der Waals surface area contributed by atoms with Gasteiger partial charge in [-0.25, -0.2) is 9.18 Å². The Kier molecular flexibility index (Phi) is 6.26. The molecule has 0 spiro atoms. The number of halogens is 1. The number of esters is 1. The van der Waals surface area contributed by atoms with Gasteiger partial charge in [0.15, 0.2) is 11.6 Å². The lowest BCUT2D eigenvalue weighted by Gasteiger charge is -2.46. The van der Waals surface area contributed by atoms with Gasteiger partial charge in [-0.15, -0.1) is 0 Å². The molecule has 0 aliphatic carbocycles. The summed E-state index contributed by atoms with van der Waals surface area (Å²) in [5.41, 5.74) is 4.76. The van der Waals surface area contributed by atoms with Crippen molar-refractivity contribution >= 4 is 5.97 Å². The first-order valence-electron chi connectivity index (χ1n) is 11.6. The maximum Gasteiger partial charge on any atom is 0.338 e. The fourth-order valence-electron chi connectivity index (χ4n) is 5.31. The number of nitrogens with zero attached hydrogens (tertiary/aromatic N) is 3. The molecule has 0 bridgehead atoms. The molecule has 5 rings (SSSR count). The van der Waals surface area contributed by atoms with Crippen LogP contribution in [0.2, 0.25) is 0 Å². The van der Waals surface area contributed by atoms with E-state index in [9.17, 15) is 9.18 Å². The first-order valence-corrected chi connectivity index (χ1v) is 11.6. The number of methoxy groups -OCH3 is 1. The molecule has 0 N–H and O–H groups in total. The average Bonchev–Trinajstić information content (AvgIpc) is 3.24. The predicted octanol–water partition coefficient (Wildman–Crippen LogP) is 2.99. The molecule has 0 amide bonds. The number of carbonyl (C=O) groups is 1. The topological polar surface area (TPSA) is 75.0 Å². The summed E-state index contributed by atoms with van der Waals surface area (Å²) in [6, 6.07) is 9.31. The van der Waals surface area contributed by atoms with Crippen LogP contribution < -0.4 is 4.74 Å². The van der Waals surface area contributed by atoms with Crippen molar-refractivity contribution in [2.45, 2.75) is 32.1 Å². The minimum atomic E-state index is -0.629. The molecule has 0 unspecified atom stereocenters. The predicted molar refractivity (Wildman–Crippen MR) is 122 cm³/mol. The molecule has 34 heavy (non-hydrogen) atoms. The van der Waals surface area contributed by atoms with Gasteiger partial charge >= 0.3 is 5.97 Å². The largest absolute Gasteiger partial charge is 0.493 e. The van der Waals surface area contributed by atoms with Gasteiger partial charge in [-0.05, 0) is 36.6 Å². The highest BCUT2D eigenvalue weighted by atomic mass is 19.1. The summed E-state index contributed by atoms with van der Waals surface area (Å²) in [4.78, 5) is 16.6. The lowest BCUT2D eigenvalue weighted by Crippen LogP contribution is -2.58. The van der Waals surface area contributed by atoms with E-state index < -0.39 is 5.82 Å². The van der Waals surface area contributed by atoms with Crippen molar-refractivity contribution in [1.29, 1.82) is 5.26 Å². The Morgan fingerprint density at radius 1 is 1.24 bits per heavy atom. The number of nitriles is 1. The Bertz CT molecular complexity index is 1160. The number of hydrogen-bond acceptors (Lipinski definition) is 7. The Balaban J connectivity index is 1.20. The molecule has 178 valence electrons. The first-order chi connectivity index (χ1) is 16.5. The van der Waals surface area contributed by atoms with Gasteiger partial charge in [-0.3, -0.25) is 4.90 Å². The Hall–Kier alpha value is -2.99. The molecule has 7 nitrogen and oxygen atoms in total. The Morgan fingerprint density at radius 2 is 2.09 bits per heavy atom. The van der Waals surface area contributed by atoms with E-state index in [1.54, 1.807) is 6.07 Å². The molecule has 3 aliphatic rings. The van der Waals surface area contributed by atoms with Crippen molar-refractivity contribution in [3.8, 4) is 11.8 Å². The van der Waals surface area contributed by atoms with E-state index in [2.05, 4.69) is 22.8 Å². The average molecular weight is 466 g/mol. The van der Waals surface area contributed by atoms with Crippen LogP contribution in [0.15, 0.2) is 24.3 Å². The summed E-state index contributed by atoms with van der Waals surface area (Å²) in [6.45, 7) is 7.39. The number of piperazine rings is 1. The van der Waals surface area contributed by atoms with E-state index >= 15 is 0 Å². The fraction of sp³-hybridized carbons (Fsp3) is 0.462. The smallest absolute Gasteiger partial charge is 0.338 e. The highest BCUT2D eigenvalue weighted by Gasteiger charge is 2.35. The zero-order chi connectivity index (χ0) is 23.8. The minimum Gasteiger partial charge on any atom is -0.493 e. The zero-order valence-corrected chi connectivity index (χ0v) is 19.5. The molecular formula is C26H28FN3O4. The summed E-state index contributed by atoms with van der Waals surface area (Å²) < 4.78 is 31.2. The first kappa shape index (κ1) is 22.8. The molecule has 2 fully saturated rings. The van der Waals surface area contributed by atoms with E-state index in [-0.39, 0.29) is 29.4 Å². The van der Waals surface area contributed by atoms with Crippen LogP contribution in [-0.2, 0) is 22.5 Å². The van der Waals surface area contributed by atoms with E-state index in [0.717, 1.165) is 43.7 Å². The van der Waals surface area contributed by atoms with Crippen LogP contribution in [0.4, 0.5) is 4.39 Å². The molecule has 2 aromatic carbocycles. The van der Waals surface area contributed by atoms with Gasteiger partial charge in [-0.2, -0.15) is 5.26 Å². The Labute approximate surface area is 198 Å². The van der Waals surface area contributed by atoms with Crippen molar-refractivity contribution < 1.29 is 23.4 Å². The number of fused-ring (bicyclic) bond motifs is 2. The van der Waals surface area contributed by atoms with Crippen LogP contribution in [-0.4, -0.2) is 68.3 Å². The van der Waals surface area contributed by atoms with Crippen LogP contribution in [0.5, 0.6) is 5.75 Å². The van der Waals surface area contributed by atoms with E-state index in [1.165, 1.54) is 18.7 Å². The van der Waals surface area contributed by atoms with Gasteiger partial charge in [-0.1, -0.05) is 12.1 Å². The second kappa shape index (κ2) is 9.34. The van der Waals surface area contributed by atoms with Crippen LogP contribution in [0.25, 0.3) is 0 Å². The number of rotatable bonds is 5. The molecule has 0 radical (unpaired) electrons. The number of carbonyl (C=O) groups excluding carboxylic acids is 1. The van der Waals surface area contributed by atoms with Crippen molar-refractivity contribution in [2.24, 2.45) is 0 Å². The third-order valence-corrected chi connectivity index (χ3v) is 7.35. The van der Waals surface area contributed by atoms with Gasteiger partial charge in [0.25, 0.3) is 0 Å². The summed E-state index contributed by atoms with van der Waals surface area (Å²) in [6.07, 6.45) is 0.629. The van der Waals surface area contributed by atoms with E-state index in [1.807, 2.05) is 12.1 Å². The summed E-state index contributed by atoms with van der Waals surface area (Å²) >= 11 is 0. The third kappa shape index (κ3) is 4.05. The number of cyclic esters (lactones) is 1. The second-order valence-electron chi connectivity index (χ2n) is 9.13. The summed E-state index contributed by atoms with van der Waals surface area (Å²) in [5, 5.41) is 9.09. The van der Waals surface area contributed by atoms with Crippen molar-refractivity contribution in [3.05, 3.63) is 63.5 Å². The highest BCUT2D eigenvalue weighted by molar-refractivity contribution is 5.93. The van der Waals surface area contributed by atoms with Crippen LogP contribution in [0, 0.1) is 24.1 Å². The van der Waals surface area contributed by atoms with Gasteiger partial charge in [0, 0.05) is 49.9 Å². The number of benzene rings is 2. The Morgan fingerprint density at radius 3 is 2.88 bits per heavy atom. The van der Waals surface area contributed by atoms with E-state index in [0.29, 0.717) is 30.9 Å². The lowest BCUT2D eigenvalue weighted by molar-refractivity contribution is -0.0907. The van der Waals surface area contributed by atoms with Gasteiger partial charge < -0.3 is 19.1 Å². The molecule has 0 aromatic heterocycles. The summed E-state index contributed by atoms with van der Waals surface area (Å²) in [5.74, 6) is -0.758. The van der Waals surface area contributed by atoms with Gasteiger partial charge in [0.05, 0.1) is 30.9 Å². The monoisotopic (exact) mass is 465 g/mol. The molecule has 3 heterocycles. The number of morpholine rings is 1. The quantitative estimate of drug-likeness (QED) is 0.629. The maximum atomic E-state index is 14.6. The maximum absolute atomic E-state index is 14.6. The molecule has 2 aromatic rings. The normalized spacial score (nSPS) is 22.6. The highest BCUT2D eigenvalue weighted by Crippen LogP contribution is 2.35.